The molecule has 0 aliphatic heterocycles. The minimum Gasteiger partial charge on any atom is -0.320 e. The van der Waals surface area contributed by atoms with Crippen LogP contribution >= 0.6 is 45.5 Å². The second kappa shape index (κ2) is 5.37. The number of hydrogen-bond donors (Lipinski definition) is 1. The van der Waals surface area contributed by atoms with E-state index < -0.39 is 0 Å². The number of carbonyl (C=O) groups excluding carboxylic acids is 1. The summed E-state index contributed by atoms with van der Waals surface area (Å²) in [4.78, 5) is 12.7. The van der Waals surface area contributed by atoms with Crippen molar-refractivity contribution in [1.29, 1.82) is 0 Å². The Morgan fingerprint density at radius 2 is 2.18 bits per heavy atom. The number of benzene rings is 1. The van der Waals surface area contributed by atoms with Crippen LogP contribution in [0.5, 0.6) is 0 Å². The van der Waals surface area contributed by atoms with E-state index in [1.54, 1.807) is 6.07 Å². The SMILES string of the molecule is Cc1ccsc1C(=O)Nc1ccc(Cl)cc1I. The van der Waals surface area contributed by atoms with Gasteiger partial charge in [0, 0.05) is 8.59 Å². The highest BCUT2D eigenvalue weighted by Gasteiger charge is 2.12. The van der Waals surface area contributed by atoms with Crippen LogP contribution in [0, 0.1) is 10.5 Å². The fraction of sp³-hybridized carbons (Fsp3) is 0.0833. The zero-order valence-corrected chi connectivity index (χ0v) is 12.7. The third-order valence-electron chi connectivity index (χ3n) is 2.25. The van der Waals surface area contributed by atoms with Crippen LogP contribution in [-0.4, -0.2) is 5.91 Å². The van der Waals surface area contributed by atoms with Gasteiger partial charge in [0.2, 0.25) is 0 Å². The average molecular weight is 378 g/mol. The molecular formula is C12H9ClINOS. The van der Waals surface area contributed by atoms with Crippen LogP contribution in [0.1, 0.15) is 15.2 Å². The van der Waals surface area contributed by atoms with Crippen molar-refractivity contribution in [1.82, 2.24) is 0 Å². The van der Waals surface area contributed by atoms with E-state index in [-0.39, 0.29) is 5.91 Å². The Labute approximate surface area is 122 Å². The molecule has 1 N–H and O–H groups in total. The lowest BCUT2D eigenvalue weighted by atomic mass is 10.2. The van der Waals surface area contributed by atoms with Gasteiger partial charge in [-0.3, -0.25) is 4.79 Å². The van der Waals surface area contributed by atoms with Crippen molar-refractivity contribution in [3.8, 4) is 0 Å². The van der Waals surface area contributed by atoms with Gasteiger partial charge in [-0.05, 0) is 64.7 Å². The van der Waals surface area contributed by atoms with Crippen molar-refractivity contribution in [2.45, 2.75) is 6.92 Å². The molecule has 0 atom stereocenters. The molecule has 1 amide bonds. The Balaban J connectivity index is 2.22. The van der Waals surface area contributed by atoms with E-state index in [1.807, 2.05) is 30.5 Å². The molecule has 0 unspecified atom stereocenters. The monoisotopic (exact) mass is 377 g/mol. The number of thiophene rings is 1. The van der Waals surface area contributed by atoms with Crippen LogP contribution in [-0.2, 0) is 0 Å². The first-order valence-corrected chi connectivity index (χ1v) is 7.22. The topological polar surface area (TPSA) is 29.1 Å². The molecule has 1 heterocycles. The van der Waals surface area contributed by atoms with Crippen molar-refractivity contribution in [2.24, 2.45) is 0 Å². The standard InChI is InChI=1S/C12H9ClINOS/c1-7-4-5-17-11(7)12(16)15-10-3-2-8(13)6-9(10)14/h2-6H,1H3,(H,15,16). The minimum absolute atomic E-state index is 0.0715. The molecule has 17 heavy (non-hydrogen) atoms. The minimum atomic E-state index is -0.0715. The first-order chi connectivity index (χ1) is 8.08. The van der Waals surface area contributed by atoms with E-state index in [1.165, 1.54) is 11.3 Å². The van der Waals surface area contributed by atoms with Crippen LogP contribution in [0.4, 0.5) is 5.69 Å². The van der Waals surface area contributed by atoms with E-state index in [9.17, 15) is 4.79 Å². The molecule has 0 aliphatic carbocycles. The Kier molecular flexibility index (Phi) is 4.06. The molecule has 0 radical (unpaired) electrons. The third-order valence-corrected chi connectivity index (χ3v) is 4.39. The van der Waals surface area contributed by atoms with Gasteiger partial charge in [0.05, 0.1) is 10.6 Å². The van der Waals surface area contributed by atoms with E-state index in [4.69, 9.17) is 11.6 Å². The third kappa shape index (κ3) is 3.00. The zero-order valence-electron chi connectivity index (χ0n) is 8.96. The molecule has 1 aromatic heterocycles. The Hall–Kier alpha value is -0.590. The van der Waals surface area contributed by atoms with Crippen LogP contribution in [0.2, 0.25) is 5.02 Å². The predicted molar refractivity (Wildman–Crippen MR) is 81.2 cm³/mol. The lowest BCUT2D eigenvalue weighted by Gasteiger charge is -2.07. The van der Waals surface area contributed by atoms with Gasteiger partial charge in [0.15, 0.2) is 0 Å². The van der Waals surface area contributed by atoms with Gasteiger partial charge >= 0.3 is 0 Å². The summed E-state index contributed by atoms with van der Waals surface area (Å²) in [6.07, 6.45) is 0. The van der Waals surface area contributed by atoms with Crippen LogP contribution in [0.3, 0.4) is 0 Å². The van der Waals surface area contributed by atoms with E-state index in [0.717, 1.165) is 19.7 Å². The van der Waals surface area contributed by atoms with Gasteiger partial charge < -0.3 is 5.32 Å². The fourth-order valence-electron chi connectivity index (χ4n) is 1.38. The number of nitrogens with one attached hydrogen (secondary N) is 1. The Bertz CT molecular complexity index is 567. The van der Waals surface area contributed by atoms with Gasteiger partial charge in [-0.25, -0.2) is 0 Å². The molecule has 1 aromatic carbocycles. The maximum Gasteiger partial charge on any atom is 0.266 e. The largest absolute Gasteiger partial charge is 0.320 e. The van der Waals surface area contributed by atoms with Crippen molar-refractivity contribution in [3.63, 3.8) is 0 Å². The van der Waals surface area contributed by atoms with E-state index in [0.29, 0.717) is 5.02 Å². The smallest absolute Gasteiger partial charge is 0.266 e. The molecule has 0 fully saturated rings. The molecule has 0 saturated heterocycles. The van der Waals surface area contributed by atoms with Gasteiger partial charge in [-0.1, -0.05) is 11.6 Å². The summed E-state index contributed by atoms with van der Waals surface area (Å²) in [5.41, 5.74) is 1.78. The predicted octanol–water partition coefficient (Wildman–Crippen LogP) is 4.57. The molecule has 0 bridgehead atoms. The first-order valence-electron chi connectivity index (χ1n) is 4.88. The van der Waals surface area contributed by atoms with Crippen molar-refractivity contribution >= 4 is 57.1 Å². The number of anilines is 1. The molecule has 0 aliphatic rings. The van der Waals surface area contributed by atoms with Crippen molar-refractivity contribution < 1.29 is 4.79 Å². The number of halogens is 2. The zero-order chi connectivity index (χ0) is 12.4. The summed E-state index contributed by atoms with van der Waals surface area (Å²) in [7, 11) is 0. The number of amides is 1. The first kappa shape index (κ1) is 12.9. The van der Waals surface area contributed by atoms with E-state index >= 15 is 0 Å². The molecule has 2 nitrogen and oxygen atoms in total. The summed E-state index contributed by atoms with van der Waals surface area (Å²) in [6.45, 7) is 1.93. The maximum atomic E-state index is 12.0. The molecular weight excluding hydrogens is 369 g/mol. The molecule has 2 rings (SSSR count). The summed E-state index contributed by atoms with van der Waals surface area (Å²) < 4.78 is 0.928. The van der Waals surface area contributed by atoms with Gasteiger partial charge in [0.1, 0.15) is 0 Å². The summed E-state index contributed by atoms with van der Waals surface area (Å²) in [5, 5.41) is 5.47. The van der Waals surface area contributed by atoms with E-state index in [2.05, 4.69) is 27.9 Å². The maximum absolute atomic E-state index is 12.0. The molecule has 0 spiro atoms. The summed E-state index contributed by atoms with van der Waals surface area (Å²) >= 11 is 9.46. The quantitative estimate of drug-likeness (QED) is 0.763. The fourth-order valence-corrected chi connectivity index (χ4v) is 3.20. The number of aryl methyl sites for hydroxylation is 1. The second-order valence-corrected chi connectivity index (χ2v) is 6.03. The van der Waals surface area contributed by atoms with Crippen molar-refractivity contribution in [3.05, 3.63) is 48.7 Å². The van der Waals surface area contributed by atoms with Crippen LogP contribution in [0.25, 0.3) is 0 Å². The number of hydrogen-bond acceptors (Lipinski definition) is 2. The lowest BCUT2D eigenvalue weighted by molar-refractivity contribution is 0.103. The number of rotatable bonds is 2. The van der Waals surface area contributed by atoms with Crippen molar-refractivity contribution in [2.75, 3.05) is 5.32 Å². The highest BCUT2D eigenvalue weighted by molar-refractivity contribution is 14.1. The molecule has 88 valence electrons. The highest BCUT2D eigenvalue weighted by atomic mass is 127. The molecule has 0 saturated carbocycles. The molecule has 2 aromatic rings. The Morgan fingerprint density at radius 3 is 2.76 bits per heavy atom. The van der Waals surface area contributed by atoms with Gasteiger partial charge in [-0.2, -0.15) is 0 Å². The van der Waals surface area contributed by atoms with Gasteiger partial charge in [-0.15, -0.1) is 11.3 Å². The molecule has 5 heteroatoms. The lowest BCUT2D eigenvalue weighted by Crippen LogP contribution is -2.12. The average Bonchev–Trinajstić information content (AvgIpc) is 2.68. The number of carbonyl (C=O) groups is 1. The van der Waals surface area contributed by atoms with Gasteiger partial charge in [0.25, 0.3) is 5.91 Å². The summed E-state index contributed by atoms with van der Waals surface area (Å²) in [6, 6.07) is 7.33. The van der Waals surface area contributed by atoms with Crippen LogP contribution in [0.15, 0.2) is 29.6 Å². The van der Waals surface area contributed by atoms with Crippen LogP contribution < -0.4 is 5.32 Å². The second-order valence-electron chi connectivity index (χ2n) is 3.51. The highest BCUT2D eigenvalue weighted by Crippen LogP contribution is 2.24. The summed E-state index contributed by atoms with van der Waals surface area (Å²) in [5.74, 6) is -0.0715. The Morgan fingerprint density at radius 1 is 1.41 bits per heavy atom. The normalized spacial score (nSPS) is 10.3.